The van der Waals surface area contributed by atoms with Crippen molar-refractivity contribution in [1.82, 2.24) is 15.3 Å². The van der Waals surface area contributed by atoms with Gasteiger partial charge in [0.2, 0.25) is 0 Å². The van der Waals surface area contributed by atoms with E-state index in [0.29, 0.717) is 24.1 Å². The van der Waals surface area contributed by atoms with Crippen LogP contribution >= 0.6 is 11.6 Å². The molecule has 2 aromatic rings. The van der Waals surface area contributed by atoms with Crippen molar-refractivity contribution in [1.29, 1.82) is 0 Å². The number of ether oxygens (including phenoxy) is 1. The standard InChI is InChI=1S/C21H26ClN3O4/c1-20(27,17-8-11-23-19(25-17)29-2)14-6-7-16(22)15(12-14)18(26)24-13-21(28)9-4-3-5-10-21/h6-8,11-12,27-28H,3-5,9-10,13H2,1-2H3,(H,24,26). The van der Waals surface area contributed by atoms with Gasteiger partial charge in [-0.25, -0.2) is 4.98 Å². The highest BCUT2D eigenvalue weighted by Crippen LogP contribution is 2.31. The van der Waals surface area contributed by atoms with Gasteiger partial charge in [0, 0.05) is 12.7 Å². The molecule has 3 N–H and O–H groups in total. The number of nitrogens with one attached hydrogen (secondary N) is 1. The van der Waals surface area contributed by atoms with Gasteiger partial charge in [0.15, 0.2) is 0 Å². The zero-order valence-corrected chi connectivity index (χ0v) is 17.4. The number of hydrogen-bond donors (Lipinski definition) is 3. The second kappa shape index (κ2) is 8.65. The van der Waals surface area contributed by atoms with Gasteiger partial charge in [-0.05, 0) is 43.5 Å². The Kier molecular flexibility index (Phi) is 6.41. The second-order valence-corrected chi connectivity index (χ2v) is 8.07. The summed E-state index contributed by atoms with van der Waals surface area (Å²) < 4.78 is 5.02. The third-order valence-electron chi connectivity index (χ3n) is 5.45. The van der Waals surface area contributed by atoms with Crippen LogP contribution in [0.5, 0.6) is 6.01 Å². The van der Waals surface area contributed by atoms with E-state index in [-0.39, 0.29) is 23.1 Å². The van der Waals surface area contributed by atoms with Crippen LogP contribution in [0.3, 0.4) is 0 Å². The van der Waals surface area contributed by atoms with Crippen molar-refractivity contribution in [2.75, 3.05) is 13.7 Å². The molecule has 0 radical (unpaired) electrons. The SMILES string of the molecule is COc1nccc(C(C)(O)c2ccc(Cl)c(C(=O)NCC3(O)CCCCC3)c2)n1. The molecule has 1 saturated carbocycles. The molecule has 156 valence electrons. The summed E-state index contributed by atoms with van der Waals surface area (Å²) in [6, 6.07) is 6.46. The van der Waals surface area contributed by atoms with Gasteiger partial charge in [-0.2, -0.15) is 4.98 Å². The maximum Gasteiger partial charge on any atom is 0.316 e. The molecule has 0 spiro atoms. The van der Waals surface area contributed by atoms with Crippen LogP contribution in [0.1, 0.15) is 60.6 Å². The van der Waals surface area contributed by atoms with Crippen molar-refractivity contribution in [3.8, 4) is 6.01 Å². The van der Waals surface area contributed by atoms with Gasteiger partial charge >= 0.3 is 6.01 Å². The smallest absolute Gasteiger partial charge is 0.316 e. The van der Waals surface area contributed by atoms with E-state index in [4.69, 9.17) is 16.3 Å². The molecular weight excluding hydrogens is 394 g/mol. The van der Waals surface area contributed by atoms with Gasteiger partial charge in [-0.3, -0.25) is 4.79 Å². The molecule has 1 atom stereocenters. The maximum atomic E-state index is 12.7. The Morgan fingerprint density at radius 1 is 1.31 bits per heavy atom. The number of amides is 1. The largest absolute Gasteiger partial charge is 0.467 e. The van der Waals surface area contributed by atoms with Gasteiger partial charge in [0.1, 0.15) is 5.60 Å². The first kappa shape index (κ1) is 21.5. The maximum absolute atomic E-state index is 12.7. The third kappa shape index (κ3) is 4.86. The Balaban J connectivity index is 1.82. The van der Waals surface area contributed by atoms with Crippen molar-refractivity contribution in [3.05, 3.63) is 52.3 Å². The average molecular weight is 420 g/mol. The summed E-state index contributed by atoms with van der Waals surface area (Å²) in [7, 11) is 1.44. The van der Waals surface area contributed by atoms with E-state index in [9.17, 15) is 15.0 Å². The molecule has 1 amide bonds. The van der Waals surface area contributed by atoms with Gasteiger partial charge < -0.3 is 20.3 Å². The van der Waals surface area contributed by atoms with E-state index in [2.05, 4.69) is 15.3 Å². The van der Waals surface area contributed by atoms with Crippen LogP contribution in [0.15, 0.2) is 30.5 Å². The zero-order valence-electron chi connectivity index (χ0n) is 16.6. The summed E-state index contributed by atoms with van der Waals surface area (Å²) in [4.78, 5) is 20.9. The van der Waals surface area contributed by atoms with E-state index in [1.165, 1.54) is 19.4 Å². The Bertz CT molecular complexity index is 882. The normalized spacial score (nSPS) is 18.0. The summed E-state index contributed by atoms with van der Waals surface area (Å²) in [6.07, 6.45) is 5.84. The molecule has 0 aliphatic heterocycles. The van der Waals surface area contributed by atoms with Gasteiger partial charge in [-0.1, -0.05) is 36.9 Å². The van der Waals surface area contributed by atoms with Crippen LogP contribution in [-0.2, 0) is 5.60 Å². The predicted octanol–water partition coefficient (Wildman–Crippen LogP) is 2.82. The first-order chi connectivity index (χ1) is 13.7. The summed E-state index contributed by atoms with van der Waals surface area (Å²) in [5, 5.41) is 24.7. The minimum atomic E-state index is -1.49. The third-order valence-corrected chi connectivity index (χ3v) is 5.78. The van der Waals surface area contributed by atoms with E-state index < -0.39 is 17.1 Å². The molecule has 1 heterocycles. The summed E-state index contributed by atoms with van der Waals surface area (Å²) >= 11 is 6.24. The van der Waals surface area contributed by atoms with Crippen LogP contribution < -0.4 is 10.1 Å². The minimum absolute atomic E-state index is 0.135. The van der Waals surface area contributed by atoms with Crippen molar-refractivity contribution in [3.63, 3.8) is 0 Å². The molecule has 1 unspecified atom stereocenters. The highest BCUT2D eigenvalue weighted by atomic mass is 35.5. The number of nitrogens with zero attached hydrogens (tertiary/aromatic N) is 2. The lowest BCUT2D eigenvalue weighted by Crippen LogP contribution is -2.44. The quantitative estimate of drug-likeness (QED) is 0.665. The van der Waals surface area contributed by atoms with Crippen molar-refractivity contribution in [2.45, 2.75) is 50.2 Å². The summed E-state index contributed by atoms with van der Waals surface area (Å²) in [6.45, 7) is 1.75. The number of hydrogen-bond acceptors (Lipinski definition) is 6. The minimum Gasteiger partial charge on any atom is -0.467 e. The van der Waals surface area contributed by atoms with E-state index in [1.807, 2.05) is 0 Å². The lowest BCUT2D eigenvalue weighted by Gasteiger charge is -2.32. The molecule has 1 aromatic heterocycles. The Labute approximate surface area is 175 Å². The van der Waals surface area contributed by atoms with Crippen LogP contribution in [0.4, 0.5) is 0 Å². The van der Waals surface area contributed by atoms with E-state index in [1.54, 1.807) is 25.1 Å². The second-order valence-electron chi connectivity index (χ2n) is 7.66. The fourth-order valence-corrected chi connectivity index (χ4v) is 3.79. The number of aromatic nitrogens is 2. The zero-order chi connectivity index (χ0) is 21.1. The van der Waals surface area contributed by atoms with Crippen LogP contribution in [0, 0.1) is 0 Å². The van der Waals surface area contributed by atoms with Crippen LogP contribution in [0.2, 0.25) is 5.02 Å². The number of carbonyl (C=O) groups is 1. The molecule has 1 aliphatic carbocycles. The molecule has 0 saturated heterocycles. The molecule has 1 aliphatic rings. The molecule has 3 rings (SSSR count). The molecule has 0 bridgehead atoms. The van der Waals surface area contributed by atoms with E-state index in [0.717, 1.165) is 19.3 Å². The molecular formula is C21H26ClN3O4. The van der Waals surface area contributed by atoms with Crippen LogP contribution in [0.25, 0.3) is 0 Å². The van der Waals surface area contributed by atoms with E-state index >= 15 is 0 Å². The number of benzene rings is 1. The fraction of sp³-hybridized carbons (Fsp3) is 0.476. The first-order valence-electron chi connectivity index (χ1n) is 9.66. The van der Waals surface area contributed by atoms with Crippen molar-refractivity contribution in [2.24, 2.45) is 0 Å². The monoisotopic (exact) mass is 419 g/mol. The Morgan fingerprint density at radius 2 is 2.03 bits per heavy atom. The fourth-order valence-electron chi connectivity index (χ4n) is 3.59. The number of halogens is 1. The lowest BCUT2D eigenvalue weighted by atomic mass is 9.85. The number of rotatable bonds is 6. The highest BCUT2D eigenvalue weighted by Gasteiger charge is 2.31. The number of aliphatic hydroxyl groups is 2. The first-order valence-corrected chi connectivity index (χ1v) is 10.0. The molecule has 7 nitrogen and oxygen atoms in total. The molecule has 29 heavy (non-hydrogen) atoms. The summed E-state index contributed by atoms with van der Waals surface area (Å²) in [5.41, 5.74) is -1.36. The highest BCUT2D eigenvalue weighted by molar-refractivity contribution is 6.33. The molecule has 1 fully saturated rings. The lowest BCUT2D eigenvalue weighted by molar-refractivity contribution is 0.00525. The topological polar surface area (TPSA) is 105 Å². The van der Waals surface area contributed by atoms with Crippen molar-refractivity contribution < 1.29 is 19.7 Å². The van der Waals surface area contributed by atoms with Crippen molar-refractivity contribution >= 4 is 17.5 Å². The van der Waals surface area contributed by atoms with Gasteiger partial charge in [0.05, 0.1) is 29.0 Å². The Hall–Kier alpha value is -2.22. The van der Waals surface area contributed by atoms with Gasteiger partial charge in [0.25, 0.3) is 5.91 Å². The molecule has 1 aromatic carbocycles. The summed E-state index contributed by atoms with van der Waals surface area (Å²) in [5.74, 6) is -0.396. The molecule has 8 heteroatoms. The number of carbonyl (C=O) groups excluding carboxylic acids is 1. The predicted molar refractivity (Wildman–Crippen MR) is 109 cm³/mol. The van der Waals surface area contributed by atoms with Gasteiger partial charge in [-0.15, -0.1) is 0 Å². The van der Waals surface area contributed by atoms with Crippen LogP contribution in [-0.4, -0.2) is 45.3 Å². The number of methoxy groups -OCH3 is 1. The average Bonchev–Trinajstić information content (AvgIpc) is 2.73. The Morgan fingerprint density at radius 3 is 2.72 bits per heavy atom.